The molecule has 1 aromatic carbocycles. The Hall–Kier alpha value is -2.83. The summed E-state index contributed by atoms with van der Waals surface area (Å²) < 4.78 is 0. The summed E-state index contributed by atoms with van der Waals surface area (Å²) in [5.74, 6) is 2.04. The quantitative estimate of drug-likeness (QED) is 0.640. The monoisotopic (exact) mass is 414 g/mol. The molecular formula is C25H30N6. The first kappa shape index (κ1) is 20.1. The van der Waals surface area contributed by atoms with Gasteiger partial charge in [0.1, 0.15) is 11.6 Å². The lowest BCUT2D eigenvalue weighted by molar-refractivity contribution is 0.237. The van der Waals surface area contributed by atoms with Crippen LogP contribution in [0.5, 0.6) is 0 Å². The van der Waals surface area contributed by atoms with E-state index in [1.165, 1.54) is 16.8 Å². The number of fused-ring (bicyclic) bond motifs is 1. The second-order valence-electron chi connectivity index (χ2n) is 8.55. The molecule has 1 saturated heterocycles. The van der Waals surface area contributed by atoms with Gasteiger partial charge in [0.05, 0.1) is 11.4 Å². The first-order chi connectivity index (χ1) is 15.2. The van der Waals surface area contributed by atoms with Crippen molar-refractivity contribution in [2.75, 3.05) is 37.6 Å². The van der Waals surface area contributed by atoms with Gasteiger partial charge in [-0.25, -0.2) is 9.97 Å². The van der Waals surface area contributed by atoms with Gasteiger partial charge in [0, 0.05) is 70.5 Å². The van der Waals surface area contributed by atoms with Crippen LogP contribution in [0.4, 0.5) is 5.82 Å². The van der Waals surface area contributed by atoms with E-state index in [2.05, 4.69) is 62.1 Å². The largest absolute Gasteiger partial charge is 0.354 e. The van der Waals surface area contributed by atoms with E-state index in [0.717, 1.165) is 76.1 Å². The van der Waals surface area contributed by atoms with Crippen LogP contribution >= 0.6 is 0 Å². The minimum absolute atomic E-state index is 0.890. The molecule has 0 atom stereocenters. The summed E-state index contributed by atoms with van der Waals surface area (Å²) in [5, 5.41) is 0. The molecule has 4 heterocycles. The Kier molecular flexibility index (Phi) is 5.91. The molecule has 160 valence electrons. The van der Waals surface area contributed by atoms with Gasteiger partial charge >= 0.3 is 0 Å². The maximum absolute atomic E-state index is 4.92. The van der Waals surface area contributed by atoms with Crippen LogP contribution in [0, 0.1) is 6.92 Å². The fourth-order valence-corrected chi connectivity index (χ4v) is 4.65. The number of hydrogen-bond donors (Lipinski definition) is 0. The Balaban J connectivity index is 1.29. The highest BCUT2D eigenvalue weighted by atomic mass is 15.3. The lowest BCUT2D eigenvalue weighted by Gasteiger charge is -2.38. The number of rotatable bonds is 5. The Bertz CT molecular complexity index is 999. The maximum atomic E-state index is 4.92. The van der Waals surface area contributed by atoms with E-state index in [1.54, 1.807) is 0 Å². The molecule has 0 aliphatic carbocycles. The van der Waals surface area contributed by atoms with Crippen molar-refractivity contribution in [1.82, 2.24) is 24.8 Å². The maximum Gasteiger partial charge on any atom is 0.137 e. The van der Waals surface area contributed by atoms with Crippen molar-refractivity contribution in [3.63, 3.8) is 0 Å². The van der Waals surface area contributed by atoms with E-state index >= 15 is 0 Å². The predicted molar refractivity (Wildman–Crippen MR) is 123 cm³/mol. The van der Waals surface area contributed by atoms with E-state index in [-0.39, 0.29) is 0 Å². The average Bonchev–Trinajstić information content (AvgIpc) is 2.81. The fourth-order valence-electron chi connectivity index (χ4n) is 4.65. The highest BCUT2D eigenvalue weighted by molar-refractivity contribution is 5.50. The standard InChI is InChI=1S/C25H30N6/c1-20-27-24-10-12-30(17-21-7-3-2-4-8-21)19-23(24)25(28-20)31-15-13-29(14-16-31)18-22-9-5-6-11-26-22/h2-9,11H,10,12-19H2,1H3. The van der Waals surface area contributed by atoms with Gasteiger partial charge in [0.15, 0.2) is 0 Å². The molecule has 0 bridgehead atoms. The highest BCUT2D eigenvalue weighted by Gasteiger charge is 2.27. The Morgan fingerprint density at radius 3 is 2.39 bits per heavy atom. The van der Waals surface area contributed by atoms with Crippen molar-refractivity contribution in [2.45, 2.75) is 33.0 Å². The van der Waals surface area contributed by atoms with Crippen molar-refractivity contribution in [3.05, 3.63) is 83.1 Å². The zero-order valence-corrected chi connectivity index (χ0v) is 18.2. The molecule has 2 aliphatic heterocycles. The lowest BCUT2D eigenvalue weighted by Crippen LogP contribution is -2.47. The van der Waals surface area contributed by atoms with E-state index in [1.807, 2.05) is 19.2 Å². The molecule has 2 aromatic heterocycles. The minimum Gasteiger partial charge on any atom is -0.354 e. The van der Waals surface area contributed by atoms with E-state index in [9.17, 15) is 0 Å². The second kappa shape index (κ2) is 9.12. The molecule has 1 fully saturated rings. The van der Waals surface area contributed by atoms with Gasteiger partial charge in [0.25, 0.3) is 0 Å². The molecule has 0 spiro atoms. The third kappa shape index (κ3) is 4.75. The number of hydrogen-bond acceptors (Lipinski definition) is 6. The molecule has 0 saturated carbocycles. The van der Waals surface area contributed by atoms with Crippen molar-refractivity contribution in [2.24, 2.45) is 0 Å². The molecule has 6 nitrogen and oxygen atoms in total. The number of aryl methyl sites for hydroxylation is 1. The van der Waals surface area contributed by atoms with E-state index in [0.29, 0.717) is 0 Å². The third-order valence-corrected chi connectivity index (χ3v) is 6.26. The second-order valence-corrected chi connectivity index (χ2v) is 8.55. The Labute approximate surface area is 184 Å². The van der Waals surface area contributed by atoms with E-state index < -0.39 is 0 Å². The fraction of sp³-hybridized carbons (Fsp3) is 0.400. The van der Waals surface area contributed by atoms with Gasteiger partial charge in [-0.3, -0.25) is 14.8 Å². The molecule has 5 rings (SSSR count). The Morgan fingerprint density at radius 1 is 0.806 bits per heavy atom. The van der Waals surface area contributed by atoms with Crippen LogP contribution in [0.3, 0.4) is 0 Å². The van der Waals surface area contributed by atoms with Crippen LogP contribution in [0.1, 0.15) is 28.3 Å². The number of piperazine rings is 1. The smallest absolute Gasteiger partial charge is 0.137 e. The van der Waals surface area contributed by atoms with Gasteiger partial charge in [0.2, 0.25) is 0 Å². The molecule has 3 aromatic rings. The molecule has 0 radical (unpaired) electrons. The summed E-state index contributed by atoms with van der Waals surface area (Å²) in [6, 6.07) is 16.9. The number of anilines is 1. The SMILES string of the molecule is Cc1nc2c(c(N3CCN(Cc4ccccn4)CC3)n1)CN(Cc1ccccc1)CC2. The normalized spacial score (nSPS) is 17.5. The van der Waals surface area contributed by atoms with E-state index in [4.69, 9.17) is 9.97 Å². The summed E-state index contributed by atoms with van der Waals surface area (Å²) in [4.78, 5) is 21.7. The van der Waals surface area contributed by atoms with Crippen LogP contribution in [0.15, 0.2) is 54.7 Å². The molecule has 0 N–H and O–H groups in total. The minimum atomic E-state index is 0.890. The molecule has 0 unspecified atom stereocenters. The molecule has 31 heavy (non-hydrogen) atoms. The zero-order chi connectivity index (χ0) is 21.0. The zero-order valence-electron chi connectivity index (χ0n) is 18.2. The van der Waals surface area contributed by atoms with Crippen LogP contribution in [0.25, 0.3) is 0 Å². The van der Waals surface area contributed by atoms with Crippen molar-refractivity contribution < 1.29 is 0 Å². The third-order valence-electron chi connectivity index (χ3n) is 6.26. The Morgan fingerprint density at radius 2 is 1.61 bits per heavy atom. The first-order valence-electron chi connectivity index (χ1n) is 11.2. The van der Waals surface area contributed by atoms with Crippen molar-refractivity contribution in [3.8, 4) is 0 Å². The lowest BCUT2D eigenvalue weighted by atomic mass is 10.0. The van der Waals surface area contributed by atoms with Gasteiger partial charge in [-0.2, -0.15) is 0 Å². The molecule has 6 heteroatoms. The number of nitrogens with zero attached hydrogens (tertiary/aromatic N) is 6. The highest BCUT2D eigenvalue weighted by Crippen LogP contribution is 2.28. The van der Waals surface area contributed by atoms with Crippen molar-refractivity contribution >= 4 is 5.82 Å². The van der Waals surface area contributed by atoms with Crippen LogP contribution in [-0.4, -0.2) is 57.5 Å². The molecule has 0 amide bonds. The van der Waals surface area contributed by atoms with Gasteiger partial charge in [-0.05, 0) is 24.6 Å². The van der Waals surface area contributed by atoms with Gasteiger partial charge < -0.3 is 4.90 Å². The number of pyridine rings is 1. The van der Waals surface area contributed by atoms with Gasteiger partial charge in [-0.15, -0.1) is 0 Å². The molecule has 2 aliphatic rings. The summed E-state index contributed by atoms with van der Waals surface area (Å²) >= 11 is 0. The predicted octanol–water partition coefficient (Wildman–Crippen LogP) is 3.06. The molecular weight excluding hydrogens is 384 g/mol. The van der Waals surface area contributed by atoms with Crippen LogP contribution < -0.4 is 4.90 Å². The first-order valence-corrected chi connectivity index (χ1v) is 11.2. The average molecular weight is 415 g/mol. The summed E-state index contributed by atoms with van der Waals surface area (Å²) in [6.45, 7) is 9.94. The topological polar surface area (TPSA) is 48.4 Å². The van der Waals surface area contributed by atoms with Gasteiger partial charge in [-0.1, -0.05) is 36.4 Å². The summed E-state index contributed by atoms with van der Waals surface area (Å²) in [5.41, 5.74) is 5.07. The number of benzene rings is 1. The summed E-state index contributed by atoms with van der Waals surface area (Å²) in [6.07, 6.45) is 2.88. The van der Waals surface area contributed by atoms with Crippen LogP contribution in [-0.2, 0) is 26.1 Å². The summed E-state index contributed by atoms with van der Waals surface area (Å²) in [7, 11) is 0. The van der Waals surface area contributed by atoms with Crippen molar-refractivity contribution in [1.29, 1.82) is 0 Å². The van der Waals surface area contributed by atoms with Crippen LogP contribution in [0.2, 0.25) is 0 Å². The number of aromatic nitrogens is 3.